The summed E-state index contributed by atoms with van der Waals surface area (Å²) in [5, 5.41) is 11.8. The highest BCUT2D eigenvalue weighted by Gasteiger charge is 2.23. The molecule has 1 aliphatic heterocycles. The van der Waals surface area contributed by atoms with Crippen LogP contribution in [-0.2, 0) is 13.0 Å². The molecule has 2 aromatic heterocycles. The van der Waals surface area contributed by atoms with Crippen molar-refractivity contribution in [1.29, 1.82) is 0 Å². The zero-order chi connectivity index (χ0) is 17.9. The SMILES string of the molecule is CCc1cn[nH]c1C1CCN(Cc2ccc(-n3cccn3)cc2C)CC1. The van der Waals surface area contributed by atoms with Crippen molar-refractivity contribution < 1.29 is 0 Å². The largest absolute Gasteiger partial charge is 0.299 e. The van der Waals surface area contributed by atoms with Gasteiger partial charge in [-0.05, 0) is 74.2 Å². The first-order valence-corrected chi connectivity index (χ1v) is 9.58. The van der Waals surface area contributed by atoms with E-state index in [4.69, 9.17) is 0 Å². The summed E-state index contributed by atoms with van der Waals surface area (Å²) in [4.78, 5) is 2.58. The van der Waals surface area contributed by atoms with Crippen LogP contribution in [0.3, 0.4) is 0 Å². The van der Waals surface area contributed by atoms with Gasteiger partial charge in [-0.1, -0.05) is 13.0 Å². The molecule has 0 atom stereocenters. The van der Waals surface area contributed by atoms with Crippen LogP contribution in [0.4, 0.5) is 0 Å². The van der Waals surface area contributed by atoms with Crippen molar-refractivity contribution in [3.63, 3.8) is 0 Å². The summed E-state index contributed by atoms with van der Waals surface area (Å²) >= 11 is 0. The van der Waals surface area contributed by atoms with Gasteiger partial charge in [0.05, 0.1) is 11.9 Å². The molecule has 1 aliphatic rings. The molecule has 5 heteroatoms. The first kappa shape index (κ1) is 17.0. The molecule has 0 amide bonds. The number of nitrogens with one attached hydrogen (secondary N) is 1. The Balaban J connectivity index is 1.39. The van der Waals surface area contributed by atoms with E-state index >= 15 is 0 Å². The molecule has 1 N–H and O–H groups in total. The van der Waals surface area contributed by atoms with Gasteiger partial charge >= 0.3 is 0 Å². The Morgan fingerprint density at radius 1 is 1.19 bits per heavy atom. The normalized spacial score (nSPS) is 16.2. The molecule has 0 saturated carbocycles. The van der Waals surface area contributed by atoms with E-state index < -0.39 is 0 Å². The number of aromatic amines is 1. The molecule has 136 valence electrons. The molecule has 5 nitrogen and oxygen atoms in total. The minimum Gasteiger partial charge on any atom is -0.299 e. The Hall–Kier alpha value is -2.40. The second-order valence-electron chi connectivity index (χ2n) is 7.27. The summed E-state index contributed by atoms with van der Waals surface area (Å²) in [6, 6.07) is 8.60. The molecule has 0 spiro atoms. The van der Waals surface area contributed by atoms with Crippen molar-refractivity contribution in [2.24, 2.45) is 0 Å². The van der Waals surface area contributed by atoms with Crippen molar-refractivity contribution in [2.45, 2.75) is 45.6 Å². The molecule has 0 bridgehead atoms. The lowest BCUT2D eigenvalue weighted by Gasteiger charge is -2.32. The third kappa shape index (κ3) is 3.44. The van der Waals surface area contributed by atoms with E-state index in [1.165, 1.54) is 35.2 Å². The average molecular weight is 349 g/mol. The van der Waals surface area contributed by atoms with Gasteiger partial charge in [-0.15, -0.1) is 0 Å². The second kappa shape index (κ2) is 7.46. The fourth-order valence-electron chi connectivity index (χ4n) is 4.00. The lowest BCUT2D eigenvalue weighted by atomic mass is 9.90. The highest BCUT2D eigenvalue weighted by molar-refractivity contribution is 5.39. The summed E-state index contributed by atoms with van der Waals surface area (Å²) in [6.07, 6.45) is 9.27. The van der Waals surface area contributed by atoms with Gasteiger partial charge in [0, 0.05) is 30.6 Å². The Morgan fingerprint density at radius 2 is 2.04 bits per heavy atom. The maximum Gasteiger partial charge on any atom is 0.0648 e. The van der Waals surface area contributed by atoms with E-state index in [0.717, 1.165) is 31.7 Å². The van der Waals surface area contributed by atoms with Gasteiger partial charge in [0.1, 0.15) is 0 Å². The molecule has 1 fully saturated rings. The van der Waals surface area contributed by atoms with Crippen molar-refractivity contribution in [1.82, 2.24) is 24.9 Å². The van der Waals surface area contributed by atoms with Crippen LogP contribution in [0.15, 0.2) is 42.9 Å². The molecular weight excluding hydrogens is 322 g/mol. The first-order valence-electron chi connectivity index (χ1n) is 9.58. The van der Waals surface area contributed by atoms with Gasteiger partial charge < -0.3 is 0 Å². The van der Waals surface area contributed by atoms with Crippen LogP contribution in [0, 0.1) is 6.92 Å². The average Bonchev–Trinajstić information content (AvgIpc) is 3.35. The summed E-state index contributed by atoms with van der Waals surface area (Å²) in [5.74, 6) is 0.631. The van der Waals surface area contributed by atoms with Crippen LogP contribution in [-0.4, -0.2) is 38.0 Å². The first-order chi connectivity index (χ1) is 12.7. The molecule has 0 radical (unpaired) electrons. The molecule has 26 heavy (non-hydrogen) atoms. The van der Waals surface area contributed by atoms with Gasteiger partial charge in [0.2, 0.25) is 0 Å². The van der Waals surface area contributed by atoms with Crippen LogP contribution in [0.2, 0.25) is 0 Å². The molecule has 1 aromatic carbocycles. The molecule has 3 aromatic rings. The molecule has 0 aliphatic carbocycles. The number of H-pyrrole nitrogens is 1. The van der Waals surface area contributed by atoms with Crippen molar-refractivity contribution in [2.75, 3.05) is 13.1 Å². The predicted octanol–water partition coefficient (Wildman–Crippen LogP) is 3.85. The summed E-state index contributed by atoms with van der Waals surface area (Å²) in [5.41, 5.74) is 6.62. The van der Waals surface area contributed by atoms with E-state index in [9.17, 15) is 0 Å². The Bertz CT molecular complexity index is 841. The van der Waals surface area contributed by atoms with E-state index in [1.54, 1.807) is 0 Å². The zero-order valence-electron chi connectivity index (χ0n) is 15.7. The zero-order valence-corrected chi connectivity index (χ0v) is 15.7. The Morgan fingerprint density at radius 3 is 2.73 bits per heavy atom. The van der Waals surface area contributed by atoms with Gasteiger partial charge in [-0.3, -0.25) is 10.00 Å². The van der Waals surface area contributed by atoms with Gasteiger partial charge in [0.15, 0.2) is 0 Å². The lowest BCUT2D eigenvalue weighted by molar-refractivity contribution is 0.202. The number of piperidine rings is 1. The van der Waals surface area contributed by atoms with Crippen LogP contribution in [0.1, 0.15) is 48.1 Å². The standard InChI is InChI=1S/C21H27N5/c1-3-17-14-22-24-21(17)18-7-11-25(12-8-18)15-19-5-6-20(13-16(19)2)26-10-4-9-23-26/h4-6,9-10,13-14,18H,3,7-8,11-12,15H2,1-2H3,(H,22,24). The molecular formula is C21H27N5. The van der Waals surface area contributed by atoms with Crippen LogP contribution in [0.25, 0.3) is 5.69 Å². The van der Waals surface area contributed by atoms with Crippen molar-refractivity contribution >= 4 is 0 Å². The van der Waals surface area contributed by atoms with E-state index in [0.29, 0.717) is 5.92 Å². The fraction of sp³-hybridized carbons (Fsp3) is 0.429. The number of hydrogen-bond acceptors (Lipinski definition) is 3. The highest BCUT2D eigenvalue weighted by Crippen LogP contribution is 2.30. The maximum absolute atomic E-state index is 4.32. The quantitative estimate of drug-likeness (QED) is 0.761. The summed E-state index contributed by atoms with van der Waals surface area (Å²) in [7, 11) is 0. The number of rotatable bonds is 5. The Kier molecular flexibility index (Phi) is 4.89. The number of aryl methyl sites for hydroxylation is 2. The molecule has 3 heterocycles. The third-order valence-electron chi connectivity index (χ3n) is 5.62. The lowest BCUT2D eigenvalue weighted by Crippen LogP contribution is -2.33. The van der Waals surface area contributed by atoms with Gasteiger partial charge in [0.25, 0.3) is 0 Å². The van der Waals surface area contributed by atoms with Gasteiger partial charge in [-0.2, -0.15) is 10.2 Å². The number of nitrogens with zero attached hydrogens (tertiary/aromatic N) is 4. The topological polar surface area (TPSA) is 49.7 Å². The fourth-order valence-corrected chi connectivity index (χ4v) is 4.00. The number of aromatic nitrogens is 4. The maximum atomic E-state index is 4.32. The second-order valence-corrected chi connectivity index (χ2v) is 7.27. The smallest absolute Gasteiger partial charge is 0.0648 e. The van der Waals surface area contributed by atoms with E-state index in [2.05, 4.69) is 52.2 Å². The van der Waals surface area contributed by atoms with Crippen LogP contribution in [0.5, 0.6) is 0 Å². The van der Waals surface area contributed by atoms with Crippen LogP contribution >= 0.6 is 0 Å². The van der Waals surface area contributed by atoms with Crippen molar-refractivity contribution in [3.05, 3.63) is 65.2 Å². The number of benzene rings is 1. The van der Waals surface area contributed by atoms with Crippen LogP contribution < -0.4 is 0 Å². The minimum atomic E-state index is 0.631. The molecule has 1 saturated heterocycles. The minimum absolute atomic E-state index is 0.631. The predicted molar refractivity (Wildman–Crippen MR) is 104 cm³/mol. The third-order valence-corrected chi connectivity index (χ3v) is 5.62. The summed E-state index contributed by atoms with van der Waals surface area (Å²) < 4.78 is 1.91. The van der Waals surface area contributed by atoms with E-state index in [1.807, 2.05) is 29.3 Å². The summed E-state index contributed by atoms with van der Waals surface area (Å²) in [6.45, 7) is 7.73. The number of hydrogen-bond donors (Lipinski definition) is 1. The highest BCUT2D eigenvalue weighted by atomic mass is 15.3. The van der Waals surface area contributed by atoms with Gasteiger partial charge in [-0.25, -0.2) is 4.68 Å². The number of likely N-dealkylation sites (tertiary alicyclic amines) is 1. The van der Waals surface area contributed by atoms with Crippen molar-refractivity contribution in [3.8, 4) is 5.69 Å². The van der Waals surface area contributed by atoms with E-state index in [-0.39, 0.29) is 0 Å². The monoisotopic (exact) mass is 349 g/mol. The molecule has 4 rings (SSSR count). The Labute approximate surface area is 155 Å². The molecule has 0 unspecified atom stereocenters.